The van der Waals surface area contributed by atoms with Gasteiger partial charge in [0.25, 0.3) is 0 Å². The molecule has 0 aromatic rings. The number of hydrogen-bond donors (Lipinski definition) is 1. The average molecular weight is 296 g/mol. The zero-order valence-corrected chi connectivity index (χ0v) is 14.3. The summed E-state index contributed by atoms with van der Waals surface area (Å²) in [7, 11) is 4.35. The highest BCUT2D eigenvalue weighted by atomic mass is 16.2. The van der Waals surface area contributed by atoms with Crippen molar-refractivity contribution in [1.29, 1.82) is 0 Å². The summed E-state index contributed by atoms with van der Waals surface area (Å²) in [6.45, 7) is 10.6. The minimum absolute atomic E-state index is 0.0153. The molecule has 2 heterocycles. The van der Waals surface area contributed by atoms with E-state index in [2.05, 4.69) is 54.9 Å². The third-order valence-corrected chi connectivity index (χ3v) is 4.83. The zero-order chi connectivity index (χ0) is 15.6. The van der Waals surface area contributed by atoms with Gasteiger partial charge in [-0.25, -0.2) is 0 Å². The lowest BCUT2D eigenvalue weighted by Crippen LogP contribution is -2.56. The number of carbonyl (C=O) groups excluding carboxylic acids is 1. The van der Waals surface area contributed by atoms with Gasteiger partial charge in [-0.05, 0) is 32.9 Å². The van der Waals surface area contributed by atoms with Crippen LogP contribution in [-0.2, 0) is 4.79 Å². The molecular formula is C16H32N4O. The predicted octanol–water partition coefficient (Wildman–Crippen LogP) is 0.815. The van der Waals surface area contributed by atoms with Crippen molar-refractivity contribution in [2.24, 2.45) is 5.92 Å². The van der Waals surface area contributed by atoms with Crippen molar-refractivity contribution in [3.8, 4) is 0 Å². The fourth-order valence-corrected chi connectivity index (χ4v) is 3.47. The topological polar surface area (TPSA) is 38.8 Å². The summed E-state index contributed by atoms with van der Waals surface area (Å²) in [4.78, 5) is 19.6. The summed E-state index contributed by atoms with van der Waals surface area (Å²) in [6, 6.07) is 0.461. The van der Waals surface area contributed by atoms with Gasteiger partial charge in [0, 0.05) is 32.2 Å². The molecule has 5 nitrogen and oxygen atoms in total. The zero-order valence-electron chi connectivity index (χ0n) is 14.3. The highest BCUT2D eigenvalue weighted by Crippen LogP contribution is 2.20. The second-order valence-corrected chi connectivity index (χ2v) is 7.16. The predicted molar refractivity (Wildman–Crippen MR) is 86.1 cm³/mol. The summed E-state index contributed by atoms with van der Waals surface area (Å²) in [5, 5.41) is 3.53. The Morgan fingerprint density at radius 2 is 2.00 bits per heavy atom. The molecule has 3 unspecified atom stereocenters. The molecule has 0 aromatic heterocycles. The van der Waals surface area contributed by atoms with E-state index in [0.717, 1.165) is 39.0 Å². The summed E-state index contributed by atoms with van der Waals surface area (Å²) < 4.78 is 0. The quantitative estimate of drug-likeness (QED) is 0.815. The van der Waals surface area contributed by atoms with Gasteiger partial charge < -0.3 is 9.80 Å². The lowest BCUT2D eigenvalue weighted by Gasteiger charge is -2.40. The highest BCUT2D eigenvalue weighted by molar-refractivity contribution is 5.84. The van der Waals surface area contributed by atoms with Crippen LogP contribution in [0.1, 0.15) is 33.6 Å². The van der Waals surface area contributed by atoms with Gasteiger partial charge in [0.15, 0.2) is 0 Å². The summed E-state index contributed by atoms with van der Waals surface area (Å²) in [6.07, 6.45) is 2.13. The van der Waals surface area contributed by atoms with Crippen LogP contribution in [-0.4, -0.2) is 79.1 Å². The number of carbonyl (C=O) groups is 1. The van der Waals surface area contributed by atoms with E-state index in [0.29, 0.717) is 17.9 Å². The standard InChI is InChI=1S/C16H32N4O/c1-6-15-17-14(9-12(2)3)16(21)20(15)11-13-10-18(4)7-8-19(13)5/h12-15,17H,6-11H2,1-5H3. The molecule has 0 saturated carbocycles. The second kappa shape index (κ2) is 7.07. The summed E-state index contributed by atoms with van der Waals surface area (Å²) >= 11 is 0. The maximum Gasteiger partial charge on any atom is 0.241 e. The van der Waals surface area contributed by atoms with Crippen molar-refractivity contribution >= 4 is 5.91 Å². The van der Waals surface area contributed by atoms with Crippen molar-refractivity contribution < 1.29 is 4.79 Å². The van der Waals surface area contributed by atoms with E-state index >= 15 is 0 Å². The van der Waals surface area contributed by atoms with Crippen LogP contribution in [0.15, 0.2) is 0 Å². The lowest BCUT2D eigenvalue weighted by atomic mass is 10.0. The molecular weight excluding hydrogens is 264 g/mol. The fraction of sp³-hybridized carbons (Fsp3) is 0.938. The van der Waals surface area contributed by atoms with Crippen LogP contribution in [0.3, 0.4) is 0 Å². The maximum absolute atomic E-state index is 12.7. The van der Waals surface area contributed by atoms with Gasteiger partial charge in [0.1, 0.15) is 0 Å². The van der Waals surface area contributed by atoms with Crippen LogP contribution in [0.5, 0.6) is 0 Å². The molecule has 122 valence electrons. The molecule has 1 amide bonds. The molecule has 0 bridgehead atoms. The van der Waals surface area contributed by atoms with Crippen LogP contribution in [0.4, 0.5) is 0 Å². The first kappa shape index (κ1) is 16.7. The van der Waals surface area contributed by atoms with E-state index < -0.39 is 0 Å². The van der Waals surface area contributed by atoms with Gasteiger partial charge in [0.05, 0.1) is 12.2 Å². The first-order valence-electron chi connectivity index (χ1n) is 8.37. The Bertz CT molecular complexity index is 360. The molecule has 5 heteroatoms. The van der Waals surface area contributed by atoms with E-state index in [1.807, 2.05) is 0 Å². The summed E-state index contributed by atoms with van der Waals surface area (Å²) in [5.41, 5.74) is 0. The number of nitrogens with zero attached hydrogens (tertiary/aromatic N) is 3. The SMILES string of the molecule is CCC1NC(CC(C)C)C(=O)N1CC1CN(C)CCN1C. The third-order valence-electron chi connectivity index (χ3n) is 4.83. The number of piperazine rings is 1. The molecule has 2 aliphatic rings. The van der Waals surface area contributed by atoms with Gasteiger partial charge in [0.2, 0.25) is 5.91 Å². The number of likely N-dealkylation sites (N-methyl/N-ethyl adjacent to an activating group) is 2. The van der Waals surface area contributed by atoms with Crippen LogP contribution in [0.2, 0.25) is 0 Å². The average Bonchev–Trinajstić information content (AvgIpc) is 2.71. The van der Waals surface area contributed by atoms with E-state index in [-0.39, 0.29) is 12.2 Å². The first-order valence-corrected chi connectivity index (χ1v) is 8.37. The largest absolute Gasteiger partial charge is 0.324 e. The fourth-order valence-electron chi connectivity index (χ4n) is 3.47. The van der Waals surface area contributed by atoms with Crippen molar-refractivity contribution in [3.63, 3.8) is 0 Å². The molecule has 2 saturated heterocycles. The maximum atomic E-state index is 12.7. The van der Waals surface area contributed by atoms with E-state index in [1.165, 1.54) is 0 Å². The van der Waals surface area contributed by atoms with E-state index in [1.54, 1.807) is 0 Å². The molecule has 2 rings (SSSR count). The van der Waals surface area contributed by atoms with Gasteiger partial charge in [-0.1, -0.05) is 20.8 Å². The van der Waals surface area contributed by atoms with Crippen molar-refractivity contribution in [2.45, 2.75) is 51.9 Å². The molecule has 1 N–H and O–H groups in total. The van der Waals surface area contributed by atoms with Crippen molar-refractivity contribution in [2.75, 3.05) is 40.3 Å². The summed E-state index contributed by atoms with van der Waals surface area (Å²) in [5.74, 6) is 0.851. The molecule has 2 fully saturated rings. The Kier molecular flexibility index (Phi) is 5.63. The van der Waals surface area contributed by atoms with E-state index in [9.17, 15) is 4.79 Å². The Labute approximate surface area is 129 Å². The number of nitrogens with one attached hydrogen (secondary N) is 1. The Morgan fingerprint density at radius 1 is 1.29 bits per heavy atom. The normalized spacial score (nSPS) is 32.4. The number of rotatable bonds is 5. The minimum atomic E-state index is 0.0153. The second-order valence-electron chi connectivity index (χ2n) is 7.16. The third kappa shape index (κ3) is 3.96. The number of amides is 1. The molecule has 2 aliphatic heterocycles. The van der Waals surface area contributed by atoms with Crippen LogP contribution < -0.4 is 5.32 Å². The molecule has 0 aromatic carbocycles. The monoisotopic (exact) mass is 296 g/mol. The number of hydrogen-bond acceptors (Lipinski definition) is 4. The van der Waals surface area contributed by atoms with Crippen molar-refractivity contribution in [3.05, 3.63) is 0 Å². The molecule has 21 heavy (non-hydrogen) atoms. The molecule has 0 aliphatic carbocycles. The van der Waals surface area contributed by atoms with Gasteiger partial charge in [-0.3, -0.25) is 15.0 Å². The van der Waals surface area contributed by atoms with Gasteiger partial charge >= 0.3 is 0 Å². The van der Waals surface area contributed by atoms with Crippen molar-refractivity contribution in [1.82, 2.24) is 20.0 Å². The lowest BCUT2D eigenvalue weighted by molar-refractivity contribution is -0.131. The van der Waals surface area contributed by atoms with Crippen LogP contribution >= 0.6 is 0 Å². The molecule has 3 atom stereocenters. The van der Waals surface area contributed by atoms with Crippen LogP contribution in [0.25, 0.3) is 0 Å². The molecule has 0 radical (unpaired) electrons. The first-order chi connectivity index (χ1) is 9.92. The van der Waals surface area contributed by atoms with E-state index in [4.69, 9.17) is 0 Å². The van der Waals surface area contributed by atoms with Crippen LogP contribution in [0, 0.1) is 5.92 Å². The Hall–Kier alpha value is -0.650. The Balaban J connectivity index is 2.01. The Morgan fingerprint density at radius 3 is 2.62 bits per heavy atom. The van der Waals surface area contributed by atoms with Gasteiger partial charge in [-0.2, -0.15) is 0 Å². The minimum Gasteiger partial charge on any atom is -0.324 e. The smallest absolute Gasteiger partial charge is 0.241 e. The molecule has 0 spiro atoms. The van der Waals surface area contributed by atoms with Gasteiger partial charge in [-0.15, -0.1) is 0 Å². The highest BCUT2D eigenvalue weighted by Gasteiger charge is 2.39.